The minimum absolute atomic E-state index is 0.00696. The number of hydrogen-bond donors (Lipinski definition) is 2. The normalized spacial score (nSPS) is 27.5. The Hall–Kier alpha value is -2.15. The summed E-state index contributed by atoms with van der Waals surface area (Å²) in [6.07, 6.45) is 3.17. The highest BCUT2D eigenvalue weighted by Gasteiger charge is 2.41. The number of rotatable bonds is 5. The van der Waals surface area contributed by atoms with Crippen LogP contribution in [-0.4, -0.2) is 53.5 Å². The topological polar surface area (TPSA) is 83.4 Å². The van der Waals surface area contributed by atoms with Gasteiger partial charge in [0.25, 0.3) is 5.56 Å². The summed E-state index contributed by atoms with van der Waals surface area (Å²) in [6, 6.07) is 5.72. The van der Waals surface area contributed by atoms with Crippen molar-refractivity contribution in [3.63, 3.8) is 0 Å². The highest BCUT2D eigenvalue weighted by atomic mass is 16.2. The van der Waals surface area contributed by atoms with E-state index in [4.69, 9.17) is 0 Å². The average Bonchev–Trinajstić information content (AvgIpc) is 3.38. The van der Waals surface area contributed by atoms with Gasteiger partial charge in [0.1, 0.15) is 0 Å². The maximum absolute atomic E-state index is 12.5. The molecule has 1 saturated carbocycles. The lowest BCUT2D eigenvalue weighted by Gasteiger charge is -2.46. The van der Waals surface area contributed by atoms with Crippen LogP contribution in [0.5, 0.6) is 0 Å². The summed E-state index contributed by atoms with van der Waals surface area (Å²) < 4.78 is 1.87. The lowest BCUT2D eigenvalue weighted by molar-refractivity contribution is -0.123. The van der Waals surface area contributed by atoms with Crippen LogP contribution in [0.15, 0.2) is 23.0 Å². The molecule has 1 aliphatic carbocycles. The molecule has 3 atom stereocenters. The van der Waals surface area contributed by atoms with Gasteiger partial charge in [-0.1, -0.05) is 6.07 Å². The second kappa shape index (κ2) is 6.87. The van der Waals surface area contributed by atoms with Gasteiger partial charge in [-0.15, -0.1) is 0 Å². The van der Waals surface area contributed by atoms with Crippen molar-refractivity contribution in [1.82, 2.24) is 20.1 Å². The zero-order valence-corrected chi connectivity index (χ0v) is 15.1. The summed E-state index contributed by atoms with van der Waals surface area (Å²) in [4.78, 5) is 38.3. The number of pyridine rings is 1. The van der Waals surface area contributed by atoms with Crippen LogP contribution in [0.2, 0.25) is 0 Å². The second-order valence-corrected chi connectivity index (χ2v) is 7.89. The molecule has 3 heterocycles. The highest BCUT2D eigenvalue weighted by Crippen LogP contribution is 2.40. The molecule has 2 fully saturated rings. The summed E-state index contributed by atoms with van der Waals surface area (Å²) in [5.74, 6) is 0.511. The summed E-state index contributed by atoms with van der Waals surface area (Å²) in [5, 5.41) is 5.93. The zero-order valence-electron chi connectivity index (χ0n) is 15.1. The molecule has 2 bridgehead atoms. The molecular formula is C19H26N4O3. The summed E-state index contributed by atoms with van der Waals surface area (Å²) >= 11 is 0. The molecule has 3 aliphatic rings. The van der Waals surface area contributed by atoms with E-state index in [1.165, 1.54) is 6.92 Å². The fourth-order valence-electron chi connectivity index (χ4n) is 4.48. The van der Waals surface area contributed by atoms with Crippen molar-refractivity contribution in [1.29, 1.82) is 0 Å². The van der Waals surface area contributed by atoms with E-state index in [0.29, 0.717) is 19.1 Å². The Kier molecular flexibility index (Phi) is 4.56. The summed E-state index contributed by atoms with van der Waals surface area (Å²) in [6.45, 7) is 3.93. The minimum atomic E-state index is -0.0888. The van der Waals surface area contributed by atoms with E-state index in [1.807, 2.05) is 16.7 Å². The van der Waals surface area contributed by atoms with E-state index < -0.39 is 0 Å². The monoisotopic (exact) mass is 358 g/mol. The standard InChI is InChI=1S/C19H26N4O3/c1-12(24)20-8-17-14-7-13(16-3-2-4-19(26)23(16)17)9-22(10-14)11-18(25)21-15-5-6-15/h2-4,13-15,17H,5-11H2,1H3,(H,20,24)(H,21,25)/t13-,14+,17+/m1/s1. The molecule has 1 aromatic heterocycles. The lowest BCUT2D eigenvalue weighted by Crippen LogP contribution is -2.53. The fourth-order valence-corrected chi connectivity index (χ4v) is 4.48. The third kappa shape index (κ3) is 3.53. The molecular weight excluding hydrogens is 332 g/mol. The van der Waals surface area contributed by atoms with E-state index in [-0.39, 0.29) is 35.3 Å². The van der Waals surface area contributed by atoms with Gasteiger partial charge in [0.15, 0.2) is 0 Å². The second-order valence-electron chi connectivity index (χ2n) is 7.89. The third-order valence-electron chi connectivity index (χ3n) is 5.74. The van der Waals surface area contributed by atoms with Crippen LogP contribution >= 0.6 is 0 Å². The maximum Gasteiger partial charge on any atom is 0.251 e. The van der Waals surface area contributed by atoms with Gasteiger partial charge in [-0.3, -0.25) is 19.3 Å². The van der Waals surface area contributed by atoms with Crippen molar-refractivity contribution in [2.75, 3.05) is 26.2 Å². The van der Waals surface area contributed by atoms with Crippen LogP contribution in [0, 0.1) is 5.92 Å². The quantitative estimate of drug-likeness (QED) is 0.789. The minimum Gasteiger partial charge on any atom is -0.354 e. The Morgan fingerprint density at radius 3 is 2.77 bits per heavy atom. The molecule has 7 nitrogen and oxygen atoms in total. The Balaban J connectivity index is 1.56. The molecule has 2 aliphatic heterocycles. The number of likely N-dealkylation sites (tertiary alicyclic amines) is 1. The predicted octanol–water partition coefficient (Wildman–Crippen LogP) is 0.223. The first-order valence-electron chi connectivity index (χ1n) is 9.49. The van der Waals surface area contributed by atoms with Gasteiger partial charge in [-0.2, -0.15) is 0 Å². The number of nitrogens with one attached hydrogen (secondary N) is 2. The number of fused-ring (bicyclic) bond motifs is 4. The van der Waals surface area contributed by atoms with Gasteiger partial charge in [-0.05, 0) is 31.2 Å². The number of carbonyl (C=O) groups excluding carboxylic acids is 2. The van der Waals surface area contributed by atoms with E-state index in [9.17, 15) is 14.4 Å². The van der Waals surface area contributed by atoms with Crippen molar-refractivity contribution in [3.8, 4) is 0 Å². The summed E-state index contributed by atoms with van der Waals surface area (Å²) in [5.41, 5.74) is 1.02. The van der Waals surface area contributed by atoms with Gasteiger partial charge in [0.2, 0.25) is 11.8 Å². The molecule has 0 radical (unpaired) electrons. The van der Waals surface area contributed by atoms with Crippen LogP contribution in [0.25, 0.3) is 0 Å². The Labute approximate surface area is 152 Å². The van der Waals surface area contributed by atoms with Crippen molar-refractivity contribution < 1.29 is 9.59 Å². The van der Waals surface area contributed by atoms with Crippen LogP contribution in [0.3, 0.4) is 0 Å². The number of piperidine rings is 1. The smallest absolute Gasteiger partial charge is 0.251 e. The molecule has 7 heteroatoms. The molecule has 2 amide bonds. The van der Waals surface area contributed by atoms with Gasteiger partial charge >= 0.3 is 0 Å². The molecule has 0 spiro atoms. The largest absolute Gasteiger partial charge is 0.354 e. The van der Waals surface area contributed by atoms with Crippen LogP contribution in [0.4, 0.5) is 0 Å². The molecule has 1 aromatic rings. The zero-order chi connectivity index (χ0) is 18.3. The predicted molar refractivity (Wildman–Crippen MR) is 96.9 cm³/mol. The van der Waals surface area contributed by atoms with Crippen molar-refractivity contribution in [2.24, 2.45) is 5.92 Å². The molecule has 1 saturated heterocycles. The van der Waals surface area contributed by atoms with Gasteiger partial charge in [0, 0.05) is 50.3 Å². The van der Waals surface area contributed by atoms with E-state index >= 15 is 0 Å². The number of amides is 2. The van der Waals surface area contributed by atoms with Crippen LogP contribution in [0.1, 0.15) is 43.8 Å². The van der Waals surface area contributed by atoms with E-state index in [1.54, 1.807) is 6.07 Å². The van der Waals surface area contributed by atoms with E-state index in [0.717, 1.165) is 38.0 Å². The molecule has 0 aromatic carbocycles. The average molecular weight is 358 g/mol. The first-order chi connectivity index (χ1) is 12.5. The SMILES string of the molecule is CC(=O)NC[C@H]1[C@H]2C[C@H](CN(CC(=O)NC3CC3)C2)c2cccc(=O)n21. The Morgan fingerprint density at radius 2 is 2.04 bits per heavy atom. The molecule has 2 N–H and O–H groups in total. The van der Waals surface area contributed by atoms with Crippen molar-refractivity contribution in [3.05, 3.63) is 34.2 Å². The Bertz CT molecular complexity index is 770. The number of hydrogen-bond acceptors (Lipinski definition) is 4. The first kappa shape index (κ1) is 17.3. The highest BCUT2D eigenvalue weighted by molar-refractivity contribution is 5.78. The number of aromatic nitrogens is 1. The van der Waals surface area contributed by atoms with E-state index in [2.05, 4.69) is 15.5 Å². The third-order valence-corrected chi connectivity index (χ3v) is 5.74. The van der Waals surface area contributed by atoms with Crippen LogP contribution < -0.4 is 16.2 Å². The molecule has 0 unspecified atom stereocenters. The van der Waals surface area contributed by atoms with Crippen LogP contribution in [-0.2, 0) is 9.59 Å². The Morgan fingerprint density at radius 1 is 1.23 bits per heavy atom. The molecule has 140 valence electrons. The fraction of sp³-hybridized carbons (Fsp3) is 0.632. The number of nitrogens with zero attached hydrogens (tertiary/aromatic N) is 2. The van der Waals surface area contributed by atoms with Gasteiger partial charge in [0.05, 0.1) is 12.6 Å². The van der Waals surface area contributed by atoms with Gasteiger partial charge < -0.3 is 15.2 Å². The van der Waals surface area contributed by atoms with Crippen molar-refractivity contribution >= 4 is 11.8 Å². The lowest BCUT2D eigenvalue weighted by atomic mass is 9.78. The molecule has 26 heavy (non-hydrogen) atoms. The maximum atomic E-state index is 12.5. The number of carbonyl (C=O) groups is 2. The molecule has 4 rings (SSSR count). The van der Waals surface area contributed by atoms with Gasteiger partial charge in [-0.25, -0.2) is 0 Å². The van der Waals surface area contributed by atoms with Crippen molar-refractivity contribution in [2.45, 2.75) is 44.2 Å². The first-order valence-corrected chi connectivity index (χ1v) is 9.49. The summed E-state index contributed by atoms with van der Waals surface area (Å²) in [7, 11) is 0.